The van der Waals surface area contributed by atoms with Crippen molar-refractivity contribution in [3.05, 3.63) is 82.9 Å². The van der Waals surface area contributed by atoms with Gasteiger partial charge in [0.2, 0.25) is 0 Å². The van der Waals surface area contributed by atoms with E-state index in [1.54, 1.807) is 0 Å². The second-order valence-electron chi connectivity index (χ2n) is 5.15. The van der Waals surface area contributed by atoms with Crippen molar-refractivity contribution in [3.63, 3.8) is 0 Å². The number of rotatable bonds is 0. The molecule has 4 rings (SSSR count). The lowest BCUT2D eigenvalue weighted by atomic mass is 9.95. The van der Waals surface area contributed by atoms with E-state index in [0.29, 0.717) is 0 Å². The summed E-state index contributed by atoms with van der Waals surface area (Å²) in [4.78, 5) is 0. The van der Waals surface area contributed by atoms with E-state index in [4.69, 9.17) is 11.6 Å². The molecular weight excluding hydrogens is 264 g/mol. The molecule has 3 aromatic rings. The molecule has 3 aromatic carbocycles. The lowest BCUT2D eigenvalue weighted by Gasteiger charge is -2.10. The summed E-state index contributed by atoms with van der Waals surface area (Å²) >= 11 is 6.45. The molecule has 0 bridgehead atoms. The molecule has 0 heterocycles. The molecule has 1 aliphatic rings. The standard InChI is InChI=1S/C19H13Cl/c20-19-11-5-10-17-16-9-4-3-8-15(16)14-7-2-1-6-13(14)12-18(17)19/h1-11H,12H2. The van der Waals surface area contributed by atoms with Gasteiger partial charge in [-0.05, 0) is 39.4 Å². The lowest BCUT2D eigenvalue weighted by Crippen LogP contribution is -1.91. The van der Waals surface area contributed by atoms with E-state index < -0.39 is 0 Å². The molecule has 1 heteroatoms. The quantitative estimate of drug-likeness (QED) is 0.393. The molecule has 0 fully saturated rings. The fourth-order valence-electron chi connectivity index (χ4n) is 3.07. The molecule has 0 spiro atoms. The van der Waals surface area contributed by atoms with Crippen molar-refractivity contribution in [2.75, 3.05) is 0 Å². The normalized spacial score (nSPS) is 12.1. The van der Waals surface area contributed by atoms with Crippen LogP contribution in [-0.4, -0.2) is 0 Å². The second kappa shape index (κ2) is 4.50. The smallest absolute Gasteiger partial charge is 0.0447 e. The van der Waals surface area contributed by atoms with Crippen molar-refractivity contribution in [1.29, 1.82) is 0 Å². The first-order chi connectivity index (χ1) is 9.84. The fourth-order valence-corrected chi connectivity index (χ4v) is 3.31. The molecule has 0 nitrogen and oxygen atoms in total. The van der Waals surface area contributed by atoms with Crippen LogP contribution in [0.1, 0.15) is 11.1 Å². The predicted octanol–water partition coefficient (Wildman–Crippen LogP) is 5.58. The van der Waals surface area contributed by atoms with Crippen LogP contribution in [0.3, 0.4) is 0 Å². The molecular formula is C19H13Cl. The zero-order valence-corrected chi connectivity index (χ0v) is 11.7. The van der Waals surface area contributed by atoms with Gasteiger partial charge in [-0.15, -0.1) is 0 Å². The van der Waals surface area contributed by atoms with E-state index >= 15 is 0 Å². The van der Waals surface area contributed by atoms with Crippen molar-refractivity contribution in [2.24, 2.45) is 0 Å². The third-order valence-electron chi connectivity index (χ3n) is 4.01. The minimum atomic E-state index is 0.856. The zero-order valence-electron chi connectivity index (χ0n) is 10.9. The van der Waals surface area contributed by atoms with Gasteiger partial charge in [-0.2, -0.15) is 0 Å². The van der Waals surface area contributed by atoms with Crippen molar-refractivity contribution in [1.82, 2.24) is 0 Å². The summed E-state index contributed by atoms with van der Waals surface area (Å²) in [5.74, 6) is 0. The van der Waals surface area contributed by atoms with Gasteiger partial charge < -0.3 is 0 Å². The van der Waals surface area contributed by atoms with Gasteiger partial charge in [0.25, 0.3) is 0 Å². The van der Waals surface area contributed by atoms with Crippen LogP contribution in [0.4, 0.5) is 0 Å². The molecule has 0 amide bonds. The van der Waals surface area contributed by atoms with Gasteiger partial charge in [0, 0.05) is 11.4 Å². The minimum Gasteiger partial charge on any atom is -0.0840 e. The molecule has 0 N–H and O–H groups in total. The molecule has 0 saturated carbocycles. The van der Waals surface area contributed by atoms with Crippen molar-refractivity contribution in [3.8, 4) is 22.3 Å². The van der Waals surface area contributed by atoms with Crippen LogP contribution < -0.4 is 0 Å². The van der Waals surface area contributed by atoms with E-state index in [9.17, 15) is 0 Å². The maximum atomic E-state index is 6.45. The SMILES string of the molecule is Clc1cccc2c1Cc1ccccc1-c1ccccc1-2. The summed E-state index contributed by atoms with van der Waals surface area (Å²) < 4.78 is 0. The van der Waals surface area contributed by atoms with Gasteiger partial charge in [0.1, 0.15) is 0 Å². The van der Waals surface area contributed by atoms with Gasteiger partial charge in [-0.1, -0.05) is 72.3 Å². The first kappa shape index (κ1) is 11.7. The highest BCUT2D eigenvalue weighted by Gasteiger charge is 2.19. The number of fused-ring (bicyclic) bond motifs is 5. The van der Waals surface area contributed by atoms with E-state index in [1.807, 2.05) is 12.1 Å². The highest BCUT2D eigenvalue weighted by molar-refractivity contribution is 6.32. The van der Waals surface area contributed by atoms with Crippen LogP contribution in [0.15, 0.2) is 66.7 Å². The molecule has 20 heavy (non-hydrogen) atoms. The Labute approximate surface area is 123 Å². The Morgan fingerprint density at radius 2 is 1.20 bits per heavy atom. The largest absolute Gasteiger partial charge is 0.0840 e. The average Bonchev–Trinajstić information content (AvgIpc) is 2.64. The van der Waals surface area contributed by atoms with Gasteiger partial charge in [0.15, 0.2) is 0 Å². The summed E-state index contributed by atoms with van der Waals surface area (Å²) in [5, 5.41) is 0.856. The maximum Gasteiger partial charge on any atom is 0.0447 e. The van der Waals surface area contributed by atoms with Crippen LogP contribution in [0.25, 0.3) is 22.3 Å². The summed E-state index contributed by atoms with van der Waals surface area (Å²) in [6.07, 6.45) is 0.889. The number of hydrogen-bond donors (Lipinski definition) is 0. The lowest BCUT2D eigenvalue weighted by molar-refractivity contribution is 1.21. The Morgan fingerprint density at radius 3 is 2.00 bits per heavy atom. The molecule has 0 radical (unpaired) electrons. The molecule has 0 saturated heterocycles. The second-order valence-corrected chi connectivity index (χ2v) is 5.55. The van der Waals surface area contributed by atoms with Crippen molar-refractivity contribution in [2.45, 2.75) is 6.42 Å². The monoisotopic (exact) mass is 276 g/mol. The highest BCUT2D eigenvalue weighted by Crippen LogP contribution is 2.42. The third kappa shape index (κ3) is 1.69. The van der Waals surface area contributed by atoms with Crippen LogP contribution in [0.2, 0.25) is 5.02 Å². The molecule has 0 atom stereocenters. The van der Waals surface area contributed by atoms with Gasteiger partial charge in [-0.3, -0.25) is 0 Å². The highest BCUT2D eigenvalue weighted by atomic mass is 35.5. The van der Waals surface area contributed by atoms with E-state index in [-0.39, 0.29) is 0 Å². The Bertz CT molecular complexity index is 802. The Hall–Kier alpha value is -2.05. The first-order valence-electron chi connectivity index (χ1n) is 6.79. The molecule has 1 aliphatic carbocycles. The molecule has 0 unspecified atom stereocenters. The Kier molecular flexibility index (Phi) is 2.64. The minimum absolute atomic E-state index is 0.856. The van der Waals surface area contributed by atoms with Gasteiger partial charge >= 0.3 is 0 Å². The van der Waals surface area contributed by atoms with E-state index in [2.05, 4.69) is 54.6 Å². The summed E-state index contributed by atoms with van der Waals surface area (Å²) in [7, 11) is 0. The van der Waals surface area contributed by atoms with Crippen molar-refractivity contribution < 1.29 is 0 Å². The van der Waals surface area contributed by atoms with Crippen LogP contribution in [-0.2, 0) is 6.42 Å². The number of hydrogen-bond acceptors (Lipinski definition) is 0. The third-order valence-corrected chi connectivity index (χ3v) is 4.36. The van der Waals surface area contributed by atoms with Crippen LogP contribution in [0.5, 0.6) is 0 Å². The number of benzene rings is 3. The van der Waals surface area contributed by atoms with Gasteiger partial charge in [-0.25, -0.2) is 0 Å². The maximum absolute atomic E-state index is 6.45. The zero-order chi connectivity index (χ0) is 13.5. The average molecular weight is 277 g/mol. The summed E-state index contributed by atoms with van der Waals surface area (Å²) in [6, 6.07) is 23.4. The number of halogens is 1. The van der Waals surface area contributed by atoms with E-state index in [0.717, 1.165) is 11.4 Å². The van der Waals surface area contributed by atoms with Crippen LogP contribution in [0, 0.1) is 0 Å². The topological polar surface area (TPSA) is 0 Å². The summed E-state index contributed by atoms with van der Waals surface area (Å²) in [5.41, 5.74) is 7.71. The van der Waals surface area contributed by atoms with Crippen molar-refractivity contribution >= 4 is 11.6 Å². The Balaban J connectivity index is 2.14. The fraction of sp³-hybridized carbons (Fsp3) is 0.0526. The van der Waals surface area contributed by atoms with Crippen LogP contribution >= 0.6 is 11.6 Å². The molecule has 96 valence electrons. The summed E-state index contributed by atoms with van der Waals surface area (Å²) in [6.45, 7) is 0. The van der Waals surface area contributed by atoms with E-state index in [1.165, 1.54) is 33.4 Å². The Morgan fingerprint density at radius 1 is 0.600 bits per heavy atom. The van der Waals surface area contributed by atoms with Gasteiger partial charge in [0.05, 0.1) is 0 Å². The molecule has 0 aliphatic heterocycles. The first-order valence-corrected chi connectivity index (χ1v) is 7.17. The molecule has 0 aromatic heterocycles. The predicted molar refractivity (Wildman–Crippen MR) is 85.1 cm³/mol.